The van der Waals surface area contributed by atoms with Crippen molar-refractivity contribution >= 4 is 44.8 Å². The van der Waals surface area contributed by atoms with Gasteiger partial charge in [-0.15, -0.1) is 0 Å². The molecular weight excluding hydrogens is 495 g/mol. The van der Waals surface area contributed by atoms with Crippen LogP contribution in [-0.4, -0.2) is 39.4 Å². The zero-order valence-corrected chi connectivity index (χ0v) is 21.1. The molecule has 6 nitrogen and oxygen atoms in total. The number of hydrogen-bond acceptors (Lipinski definition) is 4. The topological polar surface area (TPSA) is 66.9 Å². The Kier molecular flexibility index (Phi) is 7.07. The predicted octanol–water partition coefficient (Wildman–Crippen LogP) is 5.09. The summed E-state index contributed by atoms with van der Waals surface area (Å²) in [7, 11) is -2.78. The van der Waals surface area contributed by atoms with E-state index < -0.39 is 10.0 Å². The molecule has 0 spiro atoms. The number of nitrogens with zero attached hydrogens (tertiary/aromatic N) is 2. The van der Waals surface area contributed by atoms with Crippen LogP contribution in [0.15, 0.2) is 65.6 Å². The zero-order chi connectivity index (χ0) is 24.5. The number of anilines is 1. The summed E-state index contributed by atoms with van der Waals surface area (Å²) >= 11 is 12.3. The van der Waals surface area contributed by atoms with Crippen molar-refractivity contribution in [2.75, 3.05) is 24.5 Å². The minimum atomic E-state index is -4.18. The number of ether oxygens (including phenoxy) is 1. The summed E-state index contributed by atoms with van der Waals surface area (Å²) in [6.45, 7) is 2.34. The maximum atomic E-state index is 13.9. The van der Waals surface area contributed by atoms with E-state index in [4.69, 9.17) is 27.9 Å². The molecular formula is C25H24Cl2N2O4S. The minimum Gasteiger partial charge on any atom is -0.495 e. The van der Waals surface area contributed by atoms with Crippen molar-refractivity contribution in [1.82, 2.24) is 4.90 Å². The van der Waals surface area contributed by atoms with Crippen molar-refractivity contribution in [2.45, 2.75) is 24.8 Å². The standard InChI is InChI=1S/C25H24Cl2N2O4S/c1-17-7-10-23(33-2)24(13-17)34(31,32)29(20-8-9-21(26)22(27)14-20)16-25(30)28-12-11-18-5-3-4-6-19(18)15-28/h3-10,13-14H,11-12,15-16H2,1-2H3. The van der Waals surface area contributed by atoms with Gasteiger partial charge in [-0.2, -0.15) is 0 Å². The Bertz CT molecular complexity index is 1340. The lowest BCUT2D eigenvalue weighted by Gasteiger charge is -2.32. The summed E-state index contributed by atoms with van der Waals surface area (Å²) < 4.78 is 34.1. The molecule has 0 radical (unpaired) electrons. The molecule has 1 amide bonds. The van der Waals surface area contributed by atoms with E-state index >= 15 is 0 Å². The van der Waals surface area contributed by atoms with Crippen molar-refractivity contribution in [3.05, 3.63) is 87.4 Å². The first kappa shape index (κ1) is 24.4. The fourth-order valence-electron chi connectivity index (χ4n) is 3.99. The quantitative estimate of drug-likeness (QED) is 0.455. The van der Waals surface area contributed by atoms with Gasteiger partial charge in [0.15, 0.2) is 0 Å². The van der Waals surface area contributed by atoms with E-state index in [0.717, 1.165) is 15.4 Å². The number of rotatable bonds is 6. The summed E-state index contributed by atoms with van der Waals surface area (Å²) in [6, 6.07) is 17.3. The minimum absolute atomic E-state index is 0.0298. The summed E-state index contributed by atoms with van der Waals surface area (Å²) in [5.74, 6) is -0.120. The van der Waals surface area contributed by atoms with Crippen LogP contribution >= 0.6 is 23.2 Å². The fraction of sp³-hybridized carbons (Fsp3) is 0.240. The number of sulfonamides is 1. The first-order chi connectivity index (χ1) is 16.2. The van der Waals surface area contributed by atoms with Gasteiger partial charge in [0.25, 0.3) is 10.0 Å². The Balaban J connectivity index is 1.73. The molecule has 3 aromatic rings. The predicted molar refractivity (Wildman–Crippen MR) is 134 cm³/mol. The third-order valence-corrected chi connectivity index (χ3v) is 8.37. The maximum absolute atomic E-state index is 13.9. The molecule has 0 aromatic heterocycles. The Morgan fingerprint density at radius 1 is 1.03 bits per heavy atom. The second kappa shape index (κ2) is 9.86. The molecule has 0 atom stereocenters. The molecule has 1 aliphatic heterocycles. The molecule has 0 aliphatic carbocycles. The van der Waals surface area contributed by atoms with E-state index in [2.05, 4.69) is 0 Å². The van der Waals surface area contributed by atoms with Crippen LogP contribution in [0.5, 0.6) is 5.75 Å². The van der Waals surface area contributed by atoms with Crippen LogP contribution in [0, 0.1) is 6.92 Å². The van der Waals surface area contributed by atoms with Gasteiger partial charge in [0.05, 0.1) is 22.8 Å². The molecule has 4 rings (SSSR count). The molecule has 0 saturated heterocycles. The van der Waals surface area contributed by atoms with Crippen LogP contribution in [0.25, 0.3) is 0 Å². The van der Waals surface area contributed by atoms with Crippen molar-refractivity contribution in [2.24, 2.45) is 0 Å². The molecule has 0 N–H and O–H groups in total. The van der Waals surface area contributed by atoms with Gasteiger partial charge < -0.3 is 9.64 Å². The Labute approximate surface area is 209 Å². The maximum Gasteiger partial charge on any atom is 0.268 e. The Morgan fingerprint density at radius 3 is 2.47 bits per heavy atom. The molecule has 3 aromatic carbocycles. The van der Waals surface area contributed by atoms with Gasteiger partial charge in [-0.25, -0.2) is 8.42 Å². The van der Waals surface area contributed by atoms with E-state index in [1.807, 2.05) is 24.3 Å². The number of amides is 1. The van der Waals surface area contributed by atoms with Gasteiger partial charge >= 0.3 is 0 Å². The summed E-state index contributed by atoms with van der Waals surface area (Å²) in [4.78, 5) is 15.0. The highest BCUT2D eigenvalue weighted by atomic mass is 35.5. The highest BCUT2D eigenvalue weighted by Crippen LogP contribution is 2.34. The van der Waals surface area contributed by atoms with Crippen LogP contribution in [0.1, 0.15) is 16.7 Å². The Morgan fingerprint density at radius 2 is 1.76 bits per heavy atom. The Hall–Kier alpha value is -2.74. The first-order valence-electron chi connectivity index (χ1n) is 10.7. The van der Waals surface area contributed by atoms with E-state index in [9.17, 15) is 13.2 Å². The van der Waals surface area contributed by atoms with Crippen LogP contribution in [0.3, 0.4) is 0 Å². The molecule has 1 aliphatic rings. The number of methoxy groups -OCH3 is 1. The van der Waals surface area contributed by atoms with Crippen LogP contribution < -0.4 is 9.04 Å². The van der Waals surface area contributed by atoms with Crippen LogP contribution in [0.2, 0.25) is 10.0 Å². The van der Waals surface area contributed by atoms with Crippen molar-refractivity contribution in [1.29, 1.82) is 0 Å². The molecule has 0 fully saturated rings. The second-order valence-electron chi connectivity index (χ2n) is 8.10. The third-order valence-electron chi connectivity index (χ3n) is 5.84. The molecule has 0 bridgehead atoms. The number of hydrogen-bond donors (Lipinski definition) is 0. The molecule has 0 unspecified atom stereocenters. The molecule has 0 saturated carbocycles. The van der Waals surface area contributed by atoms with Crippen LogP contribution in [-0.2, 0) is 27.8 Å². The lowest BCUT2D eigenvalue weighted by molar-refractivity contribution is -0.130. The monoisotopic (exact) mass is 518 g/mol. The molecule has 9 heteroatoms. The number of carbonyl (C=O) groups excluding carboxylic acids is 1. The smallest absolute Gasteiger partial charge is 0.268 e. The number of carbonyl (C=O) groups is 1. The normalized spacial score (nSPS) is 13.4. The molecule has 34 heavy (non-hydrogen) atoms. The molecule has 178 valence electrons. The molecule has 1 heterocycles. The van der Waals surface area contributed by atoms with Crippen molar-refractivity contribution in [3.8, 4) is 5.75 Å². The summed E-state index contributed by atoms with van der Waals surface area (Å²) in [6.07, 6.45) is 0.715. The lowest BCUT2D eigenvalue weighted by atomic mass is 10.00. The highest BCUT2D eigenvalue weighted by Gasteiger charge is 2.32. The average molecular weight is 519 g/mol. The van der Waals surface area contributed by atoms with Crippen molar-refractivity contribution in [3.63, 3.8) is 0 Å². The highest BCUT2D eigenvalue weighted by molar-refractivity contribution is 7.93. The summed E-state index contributed by atoms with van der Waals surface area (Å²) in [5.41, 5.74) is 3.24. The van der Waals surface area contributed by atoms with E-state index in [1.54, 1.807) is 24.0 Å². The van der Waals surface area contributed by atoms with Crippen LogP contribution in [0.4, 0.5) is 5.69 Å². The number of benzene rings is 3. The number of halogens is 2. The lowest BCUT2D eigenvalue weighted by Crippen LogP contribution is -2.44. The van der Waals surface area contributed by atoms with Gasteiger partial charge in [0.1, 0.15) is 17.2 Å². The average Bonchev–Trinajstić information content (AvgIpc) is 2.83. The second-order valence-corrected chi connectivity index (χ2v) is 10.7. The number of aryl methyl sites for hydroxylation is 1. The van der Waals surface area contributed by atoms with E-state index in [1.165, 1.54) is 36.9 Å². The van der Waals surface area contributed by atoms with Gasteiger partial charge in [-0.1, -0.05) is 53.5 Å². The summed E-state index contributed by atoms with van der Waals surface area (Å²) in [5, 5.41) is 0.477. The fourth-order valence-corrected chi connectivity index (χ4v) is 5.93. The van der Waals surface area contributed by atoms with Gasteiger partial charge in [-0.3, -0.25) is 9.10 Å². The number of fused-ring (bicyclic) bond motifs is 1. The zero-order valence-electron chi connectivity index (χ0n) is 18.8. The van der Waals surface area contributed by atoms with Gasteiger partial charge in [0, 0.05) is 13.1 Å². The third kappa shape index (κ3) is 4.87. The van der Waals surface area contributed by atoms with E-state index in [0.29, 0.717) is 19.5 Å². The van der Waals surface area contributed by atoms with E-state index in [-0.39, 0.29) is 38.8 Å². The largest absolute Gasteiger partial charge is 0.495 e. The first-order valence-corrected chi connectivity index (χ1v) is 12.9. The van der Waals surface area contributed by atoms with Gasteiger partial charge in [0.2, 0.25) is 5.91 Å². The van der Waals surface area contributed by atoms with Gasteiger partial charge in [-0.05, 0) is 60.4 Å². The van der Waals surface area contributed by atoms with Crippen molar-refractivity contribution < 1.29 is 17.9 Å². The SMILES string of the molecule is COc1ccc(C)cc1S(=O)(=O)N(CC(=O)N1CCc2ccccc2C1)c1ccc(Cl)c(Cl)c1.